The quantitative estimate of drug-likeness (QED) is 0.781. The van der Waals surface area contributed by atoms with Gasteiger partial charge in [0.05, 0.1) is 13.2 Å². The summed E-state index contributed by atoms with van der Waals surface area (Å²) in [6.45, 7) is 0.900. The first kappa shape index (κ1) is 11.3. The van der Waals surface area contributed by atoms with Crippen molar-refractivity contribution in [1.29, 1.82) is 0 Å². The van der Waals surface area contributed by atoms with Gasteiger partial charge in [-0.05, 0) is 12.1 Å². The zero-order chi connectivity index (χ0) is 11.1. The Kier molecular flexibility index (Phi) is 2.81. The zero-order valence-corrected chi connectivity index (χ0v) is 10.3. The molecule has 84 valence electrons. The fraction of sp³-hybridized carbons (Fsp3) is 0.500. The van der Waals surface area contributed by atoms with Gasteiger partial charge < -0.3 is 9.47 Å². The molecular weight excluding hydrogens is 260 g/mol. The summed E-state index contributed by atoms with van der Waals surface area (Å²) >= 11 is 1.12. The average molecular weight is 269 g/mol. The molecule has 1 aliphatic rings. The Morgan fingerprint density at radius 1 is 1.53 bits per heavy atom. The van der Waals surface area contributed by atoms with Crippen molar-refractivity contribution in [2.45, 2.75) is 9.81 Å². The molecule has 1 aromatic rings. The molecule has 1 aromatic heterocycles. The maximum atomic E-state index is 11.1. The predicted octanol–water partition coefficient (Wildman–Crippen LogP) is 1.55. The van der Waals surface area contributed by atoms with E-state index in [1.165, 1.54) is 6.07 Å². The van der Waals surface area contributed by atoms with Crippen LogP contribution in [0, 0.1) is 0 Å². The van der Waals surface area contributed by atoms with E-state index in [0.717, 1.165) is 16.2 Å². The van der Waals surface area contributed by atoms with E-state index in [0.29, 0.717) is 13.2 Å². The van der Waals surface area contributed by atoms with Gasteiger partial charge in [0.2, 0.25) is 0 Å². The van der Waals surface area contributed by atoms with E-state index in [1.807, 2.05) is 0 Å². The molecule has 0 saturated carbocycles. The van der Waals surface area contributed by atoms with E-state index in [4.69, 9.17) is 20.2 Å². The van der Waals surface area contributed by atoms with Gasteiger partial charge in [-0.1, -0.05) is 0 Å². The second-order valence-corrected chi connectivity index (χ2v) is 7.12. The Bertz CT molecular complexity index is 455. The number of thiophene rings is 1. The molecule has 1 fully saturated rings. The van der Waals surface area contributed by atoms with Gasteiger partial charge in [0, 0.05) is 22.7 Å². The standard InChI is InChI=1S/C8H9ClO4S2/c1-12-8(4-13-5-8)6-2-3-7(14-6)15(9,10)11/h2-3H,4-5H2,1H3. The minimum Gasteiger partial charge on any atom is -0.374 e. The largest absolute Gasteiger partial charge is 0.374 e. The highest BCUT2D eigenvalue weighted by molar-refractivity contribution is 8.15. The lowest BCUT2D eigenvalue weighted by Crippen LogP contribution is -2.47. The molecular formula is C8H9ClO4S2. The van der Waals surface area contributed by atoms with Crippen molar-refractivity contribution in [1.82, 2.24) is 0 Å². The van der Waals surface area contributed by atoms with Crippen LogP contribution in [-0.4, -0.2) is 28.7 Å². The van der Waals surface area contributed by atoms with Gasteiger partial charge in [0.25, 0.3) is 9.05 Å². The number of hydrogen-bond donors (Lipinski definition) is 0. The summed E-state index contributed by atoms with van der Waals surface area (Å²) in [6, 6.07) is 3.20. The third-order valence-electron chi connectivity index (χ3n) is 2.33. The van der Waals surface area contributed by atoms with E-state index in [9.17, 15) is 8.42 Å². The van der Waals surface area contributed by atoms with Crippen LogP contribution in [0.2, 0.25) is 0 Å². The fourth-order valence-electron chi connectivity index (χ4n) is 1.34. The highest BCUT2D eigenvalue weighted by Crippen LogP contribution is 2.39. The molecule has 1 saturated heterocycles. The van der Waals surface area contributed by atoms with Gasteiger partial charge in [0.1, 0.15) is 9.81 Å². The summed E-state index contributed by atoms with van der Waals surface area (Å²) in [5, 5.41) is 0. The summed E-state index contributed by atoms with van der Waals surface area (Å²) < 4.78 is 32.7. The van der Waals surface area contributed by atoms with Crippen LogP contribution in [0.1, 0.15) is 4.88 Å². The molecule has 1 aliphatic heterocycles. The van der Waals surface area contributed by atoms with Crippen molar-refractivity contribution in [3.8, 4) is 0 Å². The van der Waals surface area contributed by atoms with Gasteiger partial charge in [-0.3, -0.25) is 0 Å². The third-order valence-corrected chi connectivity index (χ3v) is 5.70. The summed E-state index contributed by atoms with van der Waals surface area (Å²) in [5.41, 5.74) is -0.482. The number of halogens is 1. The highest BCUT2D eigenvalue weighted by atomic mass is 35.7. The minimum atomic E-state index is -3.64. The first-order valence-corrected chi connectivity index (χ1v) is 7.28. The first-order chi connectivity index (χ1) is 6.98. The van der Waals surface area contributed by atoms with E-state index < -0.39 is 14.7 Å². The van der Waals surface area contributed by atoms with Gasteiger partial charge >= 0.3 is 0 Å². The summed E-state index contributed by atoms with van der Waals surface area (Å²) in [7, 11) is 3.18. The van der Waals surface area contributed by atoms with Gasteiger partial charge in [-0.15, -0.1) is 11.3 Å². The normalized spacial score (nSPS) is 19.9. The van der Waals surface area contributed by atoms with Crippen LogP contribution < -0.4 is 0 Å². The maximum Gasteiger partial charge on any atom is 0.270 e. The maximum absolute atomic E-state index is 11.1. The van der Waals surface area contributed by atoms with Crippen molar-refractivity contribution >= 4 is 31.1 Å². The molecule has 0 spiro atoms. The van der Waals surface area contributed by atoms with E-state index >= 15 is 0 Å². The first-order valence-electron chi connectivity index (χ1n) is 4.16. The van der Waals surface area contributed by atoms with Crippen LogP contribution in [0.5, 0.6) is 0 Å². The molecule has 0 aromatic carbocycles. The monoisotopic (exact) mass is 268 g/mol. The number of rotatable bonds is 3. The summed E-state index contributed by atoms with van der Waals surface area (Å²) in [6.07, 6.45) is 0. The van der Waals surface area contributed by atoms with Crippen molar-refractivity contribution in [3.05, 3.63) is 17.0 Å². The Labute approximate surface area is 96.2 Å². The van der Waals surface area contributed by atoms with Crippen molar-refractivity contribution in [2.75, 3.05) is 20.3 Å². The molecule has 0 atom stereocenters. The SMILES string of the molecule is COC1(c2ccc(S(=O)(=O)Cl)s2)COC1. The number of ether oxygens (including phenoxy) is 2. The molecule has 2 rings (SSSR count). The van der Waals surface area contributed by atoms with Crippen LogP contribution in [0.4, 0.5) is 0 Å². The Morgan fingerprint density at radius 2 is 2.20 bits per heavy atom. The van der Waals surface area contributed by atoms with E-state index in [-0.39, 0.29) is 4.21 Å². The van der Waals surface area contributed by atoms with Crippen molar-refractivity contribution < 1.29 is 17.9 Å². The van der Waals surface area contributed by atoms with Crippen molar-refractivity contribution in [3.63, 3.8) is 0 Å². The van der Waals surface area contributed by atoms with E-state index in [1.54, 1.807) is 13.2 Å². The zero-order valence-electron chi connectivity index (χ0n) is 7.90. The molecule has 7 heteroatoms. The van der Waals surface area contributed by atoms with Crippen LogP contribution in [0.3, 0.4) is 0 Å². The molecule has 0 aliphatic carbocycles. The average Bonchev–Trinajstić information content (AvgIpc) is 2.51. The van der Waals surface area contributed by atoms with Crippen LogP contribution in [0.25, 0.3) is 0 Å². The van der Waals surface area contributed by atoms with Crippen LogP contribution in [-0.2, 0) is 24.1 Å². The summed E-state index contributed by atoms with van der Waals surface area (Å²) in [4.78, 5) is 0.829. The predicted molar refractivity (Wildman–Crippen MR) is 56.9 cm³/mol. The Morgan fingerprint density at radius 3 is 2.53 bits per heavy atom. The summed E-state index contributed by atoms with van der Waals surface area (Å²) in [5.74, 6) is 0. The number of methoxy groups -OCH3 is 1. The molecule has 0 unspecified atom stereocenters. The minimum absolute atomic E-state index is 0.141. The van der Waals surface area contributed by atoms with Crippen LogP contribution >= 0.6 is 22.0 Å². The molecule has 0 N–H and O–H groups in total. The van der Waals surface area contributed by atoms with Gasteiger partial charge in [0.15, 0.2) is 0 Å². The Hall–Kier alpha value is -0.140. The van der Waals surface area contributed by atoms with Crippen molar-refractivity contribution in [2.24, 2.45) is 0 Å². The van der Waals surface area contributed by atoms with Gasteiger partial charge in [-0.2, -0.15) is 0 Å². The Balaban J connectivity index is 2.35. The molecule has 15 heavy (non-hydrogen) atoms. The molecule has 0 bridgehead atoms. The number of hydrogen-bond acceptors (Lipinski definition) is 5. The lowest BCUT2D eigenvalue weighted by molar-refractivity contribution is -0.200. The lowest BCUT2D eigenvalue weighted by atomic mass is 10.0. The second kappa shape index (κ2) is 3.71. The topological polar surface area (TPSA) is 52.6 Å². The molecule has 2 heterocycles. The molecule has 0 amide bonds. The lowest BCUT2D eigenvalue weighted by Gasteiger charge is -2.39. The fourth-order valence-corrected chi connectivity index (χ4v) is 3.56. The smallest absolute Gasteiger partial charge is 0.270 e. The third kappa shape index (κ3) is 1.92. The van der Waals surface area contributed by atoms with E-state index in [2.05, 4.69) is 0 Å². The second-order valence-electron chi connectivity index (χ2n) is 3.25. The molecule has 4 nitrogen and oxygen atoms in total. The molecule has 0 radical (unpaired) electrons. The van der Waals surface area contributed by atoms with Gasteiger partial charge in [-0.25, -0.2) is 8.42 Å². The van der Waals surface area contributed by atoms with Crippen LogP contribution in [0.15, 0.2) is 16.3 Å². The highest BCUT2D eigenvalue weighted by Gasteiger charge is 2.42.